The lowest BCUT2D eigenvalue weighted by Gasteiger charge is -2.07. The van der Waals surface area contributed by atoms with E-state index in [0.717, 1.165) is 0 Å². The Labute approximate surface area is 76.3 Å². The van der Waals surface area contributed by atoms with Gasteiger partial charge >= 0.3 is 0 Å². The molecule has 0 radical (unpaired) electrons. The third kappa shape index (κ3) is 2.19. The molecule has 1 nitrogen and oxygen atoms in total. The Bertz CT molecular complexity index is 253. The van der Waals surface area contributed by atoms with Crippen molar-refractivity contribution in [1.29, 1.82) is 0 Å². The number of halogens is 2. The van der Waals surface area contributed by atoms with Gasteiger partial charge in [-0.15, -0.1) is 0 Å². The molecule has 0 aromatic heterocycles. The van der Waals surface area contributed by atoms with E-state index in [0.29, 0.717) is 17.0 Å². The van der Waals surface area contributed by atoms with Crippen LogP contribution in [0.2, 0.25) is 5.02 Å². The van der Waals surface area contributed by atoms with Gasteiger partial charge < -0.3 is 5.73 Å². The Morgan fingerprint density at radius 1 is 1.58 bits per heavy atom. The predicted octanol–water partition coefficient (Wildman–Crippen LogP) is 2.37. The standard InChI is InChI=1S/C9H11ClFN/c1-6(12)5-7-8(10)3-2-4-9(7)11/h2-4,6H,5,12H2,1H3/t6-/m1/s1. The van der Waals surface area contributed by atoms with E-state index >= 15 is 0 Å². The molecule has 0 aliphatic heterocycles. The van der Waals surface area contributed by atoms with Gasteiger partial charge in [0.1, 0.15) is 5.82 Å². The summed E-state index contributed by atoms with van der Waals surface area (Å²) in [4.78, 5) is 0. The highest BCUT2D eigenvalue weighted by molar-refractivity contribution is 6.31. The van der Waals surface area contributed by atoms with Crippen molar-refractivity contribution in [3.8, 4) is 0 Å². The molecule has 1 rings (SSSR count). The maximum atomic E-state index is 13.1. The van der Waals surface area contributed by atoms with Crippen LogP contribution in [0, 0.1) is 5.82 Å². The lowest BCUT2D eigenvalue weighted by atomic mass is 10.1. The summed E-state index contributed by atoms with van der Waals surface area (Å²) in [5.74, 6) is -0.278. The van der Waals surface area contributed by atoms with Gasteiger partial charge in [-0.1, -0.05) is 17.7 Å². The minimum absolute atomic E-state index is 0.0700. The topological polar surface area (TPSA) is 26.0 Å². The highest BCUT2D eigenvalue weighted by Gasteiger charge is 2.07. The molecule has 0 heterocycles. The lowest BCUT2D eigenvalue weighted by Crippen LogP contribution is -2.18. The first-order valence-corrected chi connectivity index (χ1v) is 4.17. The van der Waals surface area contributed by atoms with E-state index in [9.17, 15) is 4.39 Å². The van der Waals surface area contributed by atoms with Crippen LogP contribution >= 0.6 is 11.6 Å². The highest BCUT2D eigenvalue weighted by atomic mass is 35.5. The summed E-state index contributed by atoms with van der Waals surface area (Å²) >= 11 is 5.78. The molecule has 0 bridgehead atoms. The summed E-state index contributed by atoms with van der Waals surface area (Å²) in [5.41, 5.74) is 6.05. The van der Waals surface area contributed by atoms with Crippen molar-refractivity contribution in [2.75, 3.05) is 0 Å². The van der Waals surface area contributed by atoms with Crippen molar-refractivity contribution in [2.24, 2.45) is 5.73 Å². The third-order valence-corrected chi connectivity index (χ3v) is 1.94. The van der Waals surface area contributed by atoms with Gasteiger partial charge in [0.25, 0.3) is 0 Å². The maximum Gasteiger partial charge on any atom is 0.127 e. The molecule has 0 saturated carbocycles. The van der Waals surface area contributed by atoms with Gasteiger partial charge in [-0.2, -0.15) is 0 Å². The number of benzene rings is 1. The molecule has 66 valence electrons. The fraction of sp³-hybridized carbons (Fsp3) is 0.333. The molecule has 1 aromatic rings. The summed E-state index contributed by atoms with van der Waals surface area (Å²) in [6.07, 6.45) is 0.478. The van der Waals surface area contributed by atoms with Crippen molar-refractivity contribution in [2.45, 2.75) is 19.4 Å². The van der Waals surface area contributed by atoms with Gasteiger partial charge in [-0.3, -0.25) is 0 Å². The fourth-order valence-electron chi connectivity index (χ4n) is 1.05. The van der Waals surface area contributed by atoms with Crippen molar-refractivity contribution >= 4 is 11.6 Å². The summed E-state index contributed by atoms with van der Waals surface area (Å²) in [6.45, 7) is 1.82. The Morgan fingerprint density at radius 2 is 2.25 bits per heavy atom. The molecule has 2 N–H and O–H groups in total. The Kier molecular flexibility index (Phi) is 3.06. The van der Waals surface area contributed by atoms with Gasteiger partial charge in [0, 0.05) is 16.6 Å². The van der Waals surface area contributed by atoms with Crippen LogP contribution in [0.25, 0.3) is 0 Å². The second kappa shape index (κ2) is 3.87. The van der Waals surface area contributed by atoms with E-state index in [1.54, 1.807) is 12.1 Å². The first-order valence-electron chi connectivity index (χ1n) is 3.79. The van der Waals surface area contributed by atoms with Crippen LogP contribution < -0.4 is 5.73 Å². The molecule has 0 fully saturated rings. The molecule has 0 aliphatic carbocycles. The van der Waals surface area contributed by atoms with Gasteiger partial charge in [0.15, 0.2) is 0 Å². The van der Waals surface area contributed by atoms with Crippen LogP contribution in [0.4, 0.5) is 4.39 Å². The van der Waals surface area contributed by atoms with E-state index < -0.39 is 0 Å². The largest absolute Gasteiger partial charge is 0.328 e. The Hall–Kier alpha value is -0.600. The average Bonchev–Trinajstić information content (AvgIpc) is 1.97. The smallest absolute Gasteiger partial charge is 0.127 e. The Morgan fingerprint density at radius 3 is 2.75 bits per heavy atom. The van der Waals surface area contributed by atoms with Crippen LogP contribution in [0.5, 0.6) is 0 Å². The van der Waals surface area contributed by atoms with Crippen LogP contribution in [-0.4, -0.2) is 6.04 Å². The van der Waals surface area contributed by atoms with Crippen molar-refractivity contribution in [3.05, 3.63) is 34.6 Å². The van der Waals surface area contributed by atoms with E-state index in [1.165, 1.54) is 6.07 Å². The van der Waals surface area contributed by atoms with E-state index in [4.69, 9.17) is 17.3 Å². The van der Waals surface area contributed by atoms with Crippen LogP contribution in [-0.2, 0) is 6.42 Å². The molecule has 0 unspecified atom stereocenters. The van der Waals surface area contributed by atoms with Crippen LogP contribution in [0.1, 0.15) is 12.5 Å². The van der Waals surface area contributed by atoms with Crippen LogP contribution in [0.3, 0.4) is 0 Å². The van der Waals surface area contributed by atoms with Gasteiger partial charge in [-0.25, -0.2) is 4.39 Å². The molecule has 12 heavy (non-hydrogen) atoms. The zero-order valence-corrected chi connectivity index (χ0v) is 7.61. The SMILES string of the molecule is C[C@@H](N)Cc1c(F)cccc1Cl. The zero-order valence-electron chi connectivity index (χ0n) is 6.85. The lowest BCUT2D eigenvalue weighted by molar-refractivity contribution is 0.596. The third-order valence-electron chi connectivity index (χ3n) is 1.59. The van der Waals surface area contributed by atoms with Crippen molar-refractivity contribution < 1.29 is 4.39 Å². The average molecular weight is 188 g/mol. The van der Waals surface area contributed by atoms with E-state index in [-0.39, 0.29) is 11.9 Å². The number of hydrogen-bond acceptors (Lipinski definition) is 1. The Balaban J connectivity index is 2.96. The monoisotopic (exact) mass is 187 g/mol. The summed E-state index contributed by atoms with van der Waals surface area (Å²) in [6, 6.07) is 4.58. The number of rotatable bonds is 2. The molecular weight excluding hydrogens is 177 g/mol. The van der Waals surface area contributed by atoms with Crippen molar-refractivity contribution in [3.63, 3.8) is 0 Å². The van der Waals surface area contributed by atoms with Crippen molar-refractivity contribution in [1.82, 2.24) is 0 Å². The van der Waals surface area contributed by atoms with E-state index in [1.807, 2.05) is 6.92 Å². The summed E-state index contributed by atoms with van der Waals surface area (Å²) in [5, 5.41) is 0.451. The van der Waals surface area contributed by atoms with Gasteiger partial charge in [0.05, 0.1) is 0 Å². The first kappa shape index (κ1) is 9.49. The fourth-order valence-corrected chi connectivity index (χ4v) is 1.29. The minimum atomic E-state index is -0.278. The molecule has 1 aromatic carbocycles. The molecule has 0 spiro atoms. The molecule has 0 saturated heterocycles. The summed E-state index contributed by atoms with van der Waals surface area (Å²) in [7, 11) is 0. The second-order valence-corrected chi connectivity index (χ2v) is 3.29. The first-order chi connectivity index (χ1) is 5.61. The number of nitrogens with two attached hydrogens (primary N) is 1. The minimum Gasteiger partial charge on any atom is -0.328 e. The number of hydrogen-bond donors (Lipinski definition) is 1. The molecule has 0 aliphatic rings. The zero-order chi connectivity index (χ0) is 9.14. The van der Waals surface area contributed by atoms with Gasteiger partial charge in [-0.05, 0) is 25.5 Å². The highest BCUT2D eigenvalue weighted by Crippen LogP contribution is 2.19. The quantitative estimate of drug-likeness (QED) is 0.756. The maximum absolute atomic E-state index is 13.1. The van der Waals surface area contributed by atoms with Gasteiger partial charge in [0.2, 0.25) is 0 Å². The van der Waals surface area contributed by atoms with E-state index in [2.05, 4.69) is 0 Å². The molecule has 0 amide bonds. The predicted molar refractivity (Wildman–Crippen MR) is 48.8 cm³/mol. The molecule has 3 heteroatoms. The normalized spacial score (nSPS) is 13.0. The molecular formula is C9H11ClFN. The van der Waals surface area contributed by atoms with Crippen LogP contribution in [0.15, 0.2) is 18.2 Å². The summed E-state index contributed by atoms with van der Waals surface area (Å²) < 4.78 is 13.1. The molecule has 1 atom stereocenters. The second-order valence-electron chi connectivity index (χ2n) is 2.88.